The minimum atomic E-state index is -0.889. The molecule has 0 atom stereocenters. The molecule has 26 heavy (non-hydrogen) atoms. The number of amides is 2. The number of rotatable bonds is 8. The summed E-state index contributed by atoms with van der Waals surface area (Å²) in [5.74, 6) is -0.889. The van der Waals surface area contributed by atoms with Crippen LogP contribution in [0.2, 0.25) is 10.0 Å². The number of carboxylic acid groups (broad SMARTS) is 1. The average Bonchev–Trinajstić information content (AvgIpc) is 2.62. The largest absolute Gasteiger partial charge is 0.481 e. The van der Waals surface area contributed by atoms with E-state index < -0.39 is 5.97 Å². The molecule has 138 valence electrons. The SMILES string of the molecule is O=C(O)CCCNC(=O)N(Cc1ccc(Cl)c(Cl)c1)Cc1ccccn1. The molecule has 0 aliphatic rings. The van der Waals surface area contributed by atoms with Gasteiger partial charge in [0.25, 0.3) is 0 Å². The molecule has 0 aliphatic carbocycles. The summed E-state index contributed by atoms with van der Waals surface area (Å²) >= 11 is 12.0. The third-order valence-electron chi connectivity index (χ3n) is 3.57. The van der Waals surface area contributed by atoms with Gasteiger partial charge in [0.15, 0.2) is 0 Å². The maximum Gasteiger partial charge on any atom is 0.318 e. The van der Waals surface area contributed by atoms with Crippen LogP contribution >= 0.6 is 23.2 Å². The Kier molecular flexibility index (Phi) is 7.69. The molecule has 0 spiro atoms. The van der Waals surface area contributed by atoms with Crippen LogP contribution < -0.4 is 5.32 Å². The Labute approximate surface area is 161 Å². The summed E-state index contributed by atoms with van der Waals surface area (Å²) in [7, 11) is 0. The van der Waals surface area contributed by atoms with Gasteiger partial charge in [-0.3, -0.25) is 9.78 Å². The quantitative estimate of drug-likeness (QED) is 0.662. The zero-order valence-corrected chi connectivity index (χ0v) is 15.5. The highest BCUT2D eigenvalue weighted by Crippen LogP contribution is 2.23. The third-order valence-corrected chi connectivity index (χ3v) is 4.31. The highest BCUT2D eigenvalue weighted by molar-refractivity contribution is 6.42. The number of aromatic nitrogens is 1. The molecule has 2 amide bonds. The molecular weight excluding hydrogens is 377 g/mol. The summed E-state index contributed by atoms with van der Waals surface area (Å²) in [5, 5.41) is 12.3. The molecule has 0 aliphatic heterocycles. The fourth-order valence-corrected chi connectivity index (χ4v) is 2.61. The molecule has 1 aromatic carbocycles. The van der Waals surface area contributed by atoms with Crippen molar-refractivity contribution in [2.75, 3.05) is 6.54 Å². The van der Waals surface area contributed by atoms with E-state index in [2.05, 4.69) is 10.3 Å². The number of urea groups is 1. The monoisotopic (exact) mass is 395 g/mol. The van der Waals surface area contributed by atoms with E-state index >= 15 is 0 Å². The van der Waals surface area contributed by atoms with Crippen LogP contribution in [0.5, 0.6) is 0 Å². The van der Waals surface area contributed by atoms with Gasteiger partial charge in [0.05, 0.1) is 22.3 Å². The normalized spacial score (nSPS) is 10.4. The van der Waals surface area contributed by atoms with Gasteiger partial charge in [-0.2, -0.15) is 0 Å². The van der Waals surface area contributed by atoms with Crippen LogP contribution in [-0.4, -0.2) is 33.5 Å². The van der Waals surface area contributed by atoms with Crippen molar-refractivity contribution in [1.82, 2.24) is 15.2 Å². The van der Waals surface area contributed by atoms with Gasteiger partial charge in [0, 0.05) is 25.7 Å². The Balaban J connectivity index is 2.06. The number of carboxylic acids is 1. The van der Waals surface area contributed by atoms with E-state index in [4.69, 9.17) is 28.3 Å². The van der Waals surface area contributed by atoms with Gasteiger partial charge >= 0.3 is 12.0 Å². The topological polar surface area (TPSA) is 82.5 Å². The standard InChI is InChI=1S/C18H19Cl2N3O3/c19-15-7-6-13(10-16(15)20)11-23(12-14-4-1-2-8-21-14)18(26)22-9-3-5-17(24)25/h1-2,4,6-8,10H,3,5,9,11-12H2,(H,22,26)(H,24,25). The van der Waals surface area contributed by atoms with E-state index in [-0.39, 0.29) is 19.0 Å². The predicted octanol–water partition coefficient (Wildman–Crippen LogP) is 3.97. The van der Waals surface area contributed by atoms with E-state index in [1.54, 1.807) is 35.4 Å². The van der Waals surface area contributed by atoms with Crippen LogP contribution in [-0.2, 0) is 17.9 Å². The molecule has 2 N–H and O–H groups in total. The van der Waals surface area contributed by atoms with Gasteiger partial charge < -0.3 is 15.3 Å². The van der Waals surface area contributed by atoms with Gasteiger partial charge in [-0.1, -0.05) is 35.3 Å². The van der Waals surface area contributed by atoms with Crippen LogP contribution in [0.25, 0.3) is 0 Å². The van der Waals surface area contributed by atoms with E-state index in [0.29, 0.717) is 29.6 Å². The molecule has 6 nitrogen and oxygen atoms in total. The minimum absolute atomic E-state index is 0.00726. The van der Waals surface area contributed by atoms with E-state index in [0.717, 1.165) is 11.3 Å². The molecule has 2 rings (SSSR count). The number of nitrogens with zero attached hydrogens (tertiary/aromatic N) is 2. The Morgan fingerprint density at radius 1 is 1.12 bits per heavy atom. The smallest absolute Gasteiger partial charge is 0.318 e. The lowest BCUT2D eigenvalue weighted by Gasteiger charge is -2.23. The average molecular weight is 396 g/mol. The van der Waals surface area contributed by atoms with Crippen molar-refractivity contribution in [3.63, 3.8) is 0 Å². The van der Waals surface area contributed by atoms with Crippen molar-refractivity contribution in [3.8, 4) is 0 Å². The number of carbonyl (C=O) groups is 2. The highest BCUT2D eigenvalue weighted by atomic mass is 35.5. The lowest BCUT2D eigenvalue weighted by atomic mass is 10.2. The van der Waals surface area contributed by atoms with Crippen molar-refractivity contribution in [1.29, 1.82) is 0 Å². The first kappa shape index (κ1) is 20.0. The summed E-state index contributed by atoms with van der Waals surface area (Å²) in [4.78, 5) is 28.9. The molecule has 0 saturated heterocycles. The predicted molar refractivity (Wildman–Crippen MR) is 100 cm³/mol. The van der Waals surface area contributed by atoms with E-state index in [9.17, 15) is 9.59 Å². The van der Waals surface area contributed by atoms with Crippen molar-refractivity contribution >= 4 is 35.2 Å². The van der Waals surface area contributed by atoms with Gasteiger partial charge in [-0.25, -0.2) is 4.79 Å². The fraction of sp³-hybridized carbons (Fsp3) is 0.278. The first-order valence-electron chi connectivity index (χ1n) is 8.04. The first-order chi connectivity index (χ1) is 12.5. The Morgan fingerprint density at radius 2 is 1.92 bits per heavy atom. The highest BCUT2D eigenvalue weighted by Gasteiger charge is 2.15. The fourth-order valence-electron chi connectivity index (χ4n) is 2.29. The third kappa shape index (κ3) is 6.54. The van der Waals surface area contributed by atoms with Crippen molar-refractivity contribution < 1.29 is 14.7 Å². The van der Waals surface area contributed by atoms with Crippen LogP contribution in [0.1, 0.15) is 24.1 Å². The lowest BCUT2D eigenvalue weighted by Crippen LogP contribution is -2.39. The van der Waals surface area contributed by atoms with Crippen LogP contribution in [0.3, 0.4) is 0 Å². The number of pyridine rings is 1. The summed E-state index contributed by atoms with van der Waals surface area (Å²) in [6, 6.07) is 10.4. The number of hydrogen-bond donors (Lipinski definition) is 2. The zero-order valence-electron chi connectivity index (χ0n) is 14.0. The molecule has 0 fully saturated rings. The number of benzene rings is 1. The van der Waals surface area contributed by atoms with Crippen LogP contribution in [0, 0.1) is 0 Å². The maximum absolute atomic E-state index is 12.5. The molecule has 0 saturated carbocycles. The Bertz CT molecular complexity index is 757. The zero-order chi connectivity index (χ0) is 18.9. The van der Waals surface area contributed by atoms with E-state index in [1.165, 1.54) is 0 Å². The van der Waals surface area contributed by atoms with Crippen LogP contribution in [0.15, 0.2) is 42.6 Å². The summed E-state index contributed by atoms with van der Waals surface area (Å²) in [6.07, 6.45) is 2.04. The molecule has 8 heteroatoms. The van der Waals surface area contributed by atoms with Gasteiger partial charge in [-0.15, -0.1) is 0 Å². The van der Waals surface area contributed by atoms with Crippen molar-refractivity contribution in [3.05, 3.63) is 63.9 Å². The second-order valence-electron chi connectivity index (χ2n) is 5.65. The van der Waals surface area contributed by atoms with Gasteiger partial charge in [-0.05, 0) is 36.2 Å². The van der Waals surface area contributed by atoms with E-state index in [1.807, 2.05) is 12.1 Å². The number of nitrogens with one attached hydrogen (secondary N) is 1. The molecule has 1 aromatic heterocycles. The maximum atomic E-state index is 12.5. The molecule has 0 unspecified atom stereocenters. The molecular formula is C18H19Cl2N3O3. The second kappa shape index (κ2) is 9.99. The van der Waals surface area contributed by atoms with Crippen LogP contribution in [0.4, 0.5) is 4.79 Å². The number of hydrogen-bond acceptors (Lipinski definition) is 3. The summed E-state index contributed by atoms with van der Waals surface area (Å²) in [6.45, 7) is 0.912. The number of carbonyl (C=O) groups excluding carboxylic acids is 1. The lowest BCUT2D eigenvalue weighted by molar-refractivity contribution is -0.137. The number of halogens is 2. The van der Waals surface area contributed by atoms with Crippen molar-refractivity contribution in [2.45, 2.75) is 25.9 Å². The first-order valence-corrected chi connectivity index (χ1v) is 8.79. The molecule has 2 aromatic rings. The summed E-state index contributed by atoms with van der Waals surface area (Å²) in [5.41, 5.74) is 1.57. The Hall–Kier alpha value is -2.31. The minimum Gasteiger partial charge on any atom is -0.481 e. The second-order valence-corrected chi connectivity index (χ2v) is 6.47. The molecule has 1 heterocycles. The van der Waals surface area contributed by atoms with Gasteiger partial charge in [0.1, 0.15) is 0 Å². The molecule has 0 radical (unpaired) electrons. The summed E-state index contributed by atoms with van der Waals surface area (Å²) < 4.78 is 0. The van der Waals surface area contributed by atoms with Gasteiger partial charge in [0.2, 0.25) is 0 Å². The molecule has 0 bridgehead atoms. The Morgan fingerprint density at radius 3 is 2.58 bits per heavy atom. The number of aliphatic carboxylic acids is 1. The van der Waals surface area contributed by atoms with Crippen molar-refractivity contribution in [2.24, 2.45) is 0 Å².